The third-order valence-electron chi connectivity index (χ3n) is 4.05. The monoisotopic (exact) mass is 339 g/mol. The van der Waals surface area contributed by atoms with Crippen LogP contribution in [0.25, 0.3) is 10.9 Å². The smallest absolute Gasteiger partial charge is 0.261 e. The lowest BCUT2D eigenvalue weighted by Crippen LogP contribution is -2.26. The Balaban J connectivity index is 1.64. The number of aryl methyl sites for hydroxylation is 1. The van der Waals surface area contributed by atoms with Crippen molar-refractivity contribution >= 4 is 16.8 Å². The zero-order valence-corrected chi connectivity index (χ0v) is 13.8. The summed E-state index contributed by atoms with van der Waals surface area (Å²) in [7, 11) is 1.66. The summed E-state index contributed by atoms with van der Waals surface area (Å²) in [4.78, 5) is 28.8. The van der Waals surface area contributed by atoms with E-state index in [1.165, 1.54) is 16.7 Å². The van der Waals surface area contributed by atoms with E-state index in [1.807, 2.05) is 6.07 Å². The van der Waals surface area contributed by atoms with Gasteiger partial charge in [0.25, 0.3) is 5.56 Å². The zero-order chi connectivity index (χ0) is 17.8. The van der Waals surface area contributed by atoms with Gasteiger partial charge in [-0.2, -0.15) is 0 Å². The maximum absolute atomic E-state index is 12.9. The van der Waals surface area contributed by atoms with Crippen LogP contribution in [0.1, 0.15) is 17.8 Å². The Labute approximate surface area is 144 Å². The fourth-order valence-electron chi connectivity index (χ4n) is 2.60. The van der Waals surface area contributed by atoms with Gasteiger partial charge in [-0.1, -0.05) is 24.3 Å². The van der Waals surface area contributed by atoms with Crippen LogP contribution in [0, 0.1) is 5.82 Å². The number of fused-ring (bicyclic) bond motifs is 1. The minimum atomic E-state index is -0.307. The fraction of sp³-hybridized carbons (Fsp3) is 0.211. The number of rotatable bonds is 5. The highest BCUT2D eigenvalue weighted by Gasteiger charge is 2.10. The van der Waals surface area contributed by atoms with Gasteiger partial charge in [-0.05, 0) is 29.8 Å². The Hall–Kier alpha value is -3.02. The predicted molar refractivity (Wildman–Crippen MR) is 93.6 cm³/mol. The quantitative estimate of drug-likeness (QED) is 0.776. The van der Waals surface area contributed by atoms with E-state index in [-0.39, 0.29) is 23.7 Å². The highest BCUT2D eigenvalue weighted by Crippen LogP contribution is 2.08. The number of amides is 1. The molecule has 0 aliphatic heterocycles. The Morgan fingerprint density at radius 2 is 1.88 bits per heavy atom. The molecule has 1 heterocycles. The van der Waals surface area contributed by atoms with Crippen molar-refractivity contribution in [2.75, 3.05) is 0 Å². The van der Waals surface area contributed by atoms with Gasteiger partial charge in [-0.25, -0.2) is 9.37 Å². The molecule has 6 heteroatoms. The van der Waals surface area contributed by atoms with Crippen LogP contribution >= 0.6 is 0 Å². The van der Waals surface area contributed by atoms with Gasteiger partial charge in [0.15, 0.2) is 0 Å². The van der Waals surface area contributed by atoms with Gasteiger partial charge >= 0.3 is 0 Å². The molecule has 1 amide bonds. The van der Waals surface area contributed by atoms with Crippen molar-refractivity contribution in [2.24, 2.45) is 7.05 Å². The van der Waals surface area contributed by atoms with Gasteiger partial charge in [0, 0.05) is 26.4 Å². The average molecular weight is 339 g/mol. The number of hydrogen-bond acceptors (Lipinski definition) is 3. The lowest BCUT2D eigenvalue weighted by Gasteiger charge is -2.09. The molecule has 5 nitrogen and oxygen atoms in total. The molecule has 128 valence electrons. The van der Waals surface area contributed by atoms with E-state index in [2.05, 4.69) is 10.3 Å². The number of benzene rings is 2. The van der Waals surface area contributed by atoms with Crippen LogP contribution in [-0.2, 0) is 24.8 Å². The molecule has 25 heavy (non-hydrogen) atoms. The van der Waals surface area contributed by atoms with Crippen molar-refractivity contribution in [1.82, 2.24) is 14.9 Å². The third-order valence-corrected chi connectivity index (χ3v) is 4.05. The minimum Gasteiger partial charge on any atom is -0.352 e. The lowest BCUT2D eigenvalue weighted by atomic mass is 10.2. The van der Waals surface area contributed by atoms with E-state index in [9.17, 15) is 14.0 Å². The summed E-state index contributed by atoms with van der Waals surface area (Å²) in [6.07, 6.45) is 0.589. The summed E-state index contributed by atoms with van der Waals surface area (Å²) >= 11 is 0. The molecule has 0 saturated carbocycles. The van der Waals surface area contributed by atoms with E-state index in [0.29, 0.717) is 29.7 Å². The third kappa shape index (κ3) is 3.91. The van der Waals surface area contributed by atoms with Crippen molar-refractivity contribution in [3.63, 3.8) is 0 Å². The van der Waals surface area contributed by atoms with Crippen LogP contribution < -0.4 is 10.9 Å². The Kier molecular flexibility index (Phi) is 4.88. The maximum atomic E-state index is 12.9. The number of carbonyl (C=O) groups excluding carboxylic acids is 1. The van der Waals surface area contributed by atoms with E-state index >= 15 is 0 Å². The van der Waals surface area contributed by atoms with Crippen molar-refractivity contribution < 1.29 is 9.18 Å². The highest BCUT2D eigenvalue weighted by atomic mass is 19.1. The first-order valence-electron chi connectivity index (χ1n) is 8.00. The first-order chi connectivity index (χ1) is 12.0. The van der Waals surface area contributed by atoms with Crippen molar-refractivity contribution in [1.29, 1.82) is 0 Å². The van der Waals surface area contributed by atoms with Gasteiger partial charge in [-0.15, -0.1) is 0 Å². The molecule has 0 fully saturated rings. The largest absolute Gasteiger partial charge is 0.352 e. The van der Waals surface area contributed by atoms with E-state index in [0.717, 1.165) is 5.56 Å². The molecule has 0 radical (unpaired) electrons. The maximum Gasteiger partial charge on any atom is 0.261 e. The normalized spacial score (nSPS) is 10.8. The molecule has 0 atom stereocenters. The topological polar surface area (TPSA) is 64.0 Å². The number of hydrogen-bond donors (Lipinski definition) is 1. The van der Waals surface area contributed by atoms with Crippen LogP contribution in [0.15, 0.2) is 53.3 Å². The predicted octanol–water partition coefficient (Wildman–Crippen LogP) is 2.32. The summed E-state index contributed by atoms with van der Waals surface area (Å²) in [5.41, 5.74) is 1.34. The Morgan fingerprint density at radius 1 is 1.16 bits per heavy atom. The van der Waals surface area contributed by atoms with Crippen molar-refractivity contribution in [3.05, 3.63) is 76.1 Å². The molecule has 0 unspecified atom stereocenters. The molecule has 1 N–H and O–H groups in total. The second kappa shape index (κ2) is 7.25. The van der Waals surface area contributed by atoms with Crippen LogP contribution in [-0.4, -0.2) is 15.5 Å². The van der Waals surface area contributed by atoms with Crippen LogP contribution in [0.2, 0.25) is 0 Å². The standard InChI is InChI=1S/C19H18FN3O2/c1-23-17(22-16-5-3-2-4-15(16)19(23)25)10-11-18(24)21-12-13-6-8-14(20)9-7-13/h2-9H,10-12H2,1H3,(H,21,24). The minimum absolute atomic E-state index is 0.118. The van der Waals surface area contributed by atoms with Gasteiger partial charge in [-0.3, -0.25) is 14.2 Å². The number of nitrogens with zero attached hydrogens (tertiary/aromatic N) is 2. The van der Waals surface area contributed by atoms with Crippen molar-refractivity contribution in [2.45, 2.75) is 19.4 Å². The number of halogens is 1. The first kappa shape index (κ1) is 16.8. The van der Waals surface area contributed by atoms with E-state index < -0.39 is 0 Å². The number of carbonyl (C=O) groups is 1. The van der Waals surface area contributed by atoms with Crippen LogP contribution in [0.5, 0.6) is 0 Å². The fourth-order valence-corrected chi connectivity index (χ4v) is 2.60. The van der Waals surface area contributed by atoms with Gasteiger partial charge < -0.3 is 5.32 Å². The molecule has 0 aliphatic carbocycles. The van der Waals surface area contributed by atoms with Crippen molar-refractivity contribution in [3.8, 4) is 0 Å². The zero-order valence-electron chi connectivity index (χ0n) is 13.8. The van der Waals surface area contributed by atoms with Gasteiger partial charge in [0.05, 0.1) is 10.9 Å². The Bertz CT molecular complexity index is 965. The first-order valence-corrected chi connectivity index (χ1v) is 8.00. The summed E-state index contributed by atoms with van der Waals surface area (Å²) < 4.78 is 14.3. The molecule has 0 saturated heterocycles. The molecule has 0 bridgehead atoms. The molecular formula is C19H18FN3O2. The van der Waals surface area contributed by atoms with Gasteiger partial charge in [0.1, 0.15) is 11.6 Å². The molecule has 2 aromatic carbocycles. The summed E-state index contributed by atoms with van der Waals surface area (Å²) in [5.74, 6) is 0.116. The highest BCUT2D eigenvalue weighted by molar-refractivity contribution is 5.78. The lowest BCUT2D eigenvalue weighted by molar-refractivity contribution is -0.121. The number of aromatic nitrogens is 2. The van der Waals surface area contributed by atoms with Crippen LogP contribution in [0.3, 0.4) is 0 Å². The molecular weight excluding hydrogens is 321 g/mol. The van der Waals surface area contributed by atoms with E-state index in [1.54, 1.807) is 37.4 Å². The summed E-state index contributed by atoms with van der Waals surface area (Å²) in [6, 6.07) is 13.1. The molecule has 0 aliphatic rings. The van der Waals surface area contributed by atoms with Crippen LogP contribution in [0.4, 0.5) is 4.39 Å². The molecule has 3 aromatic rings. The average Bonchev–Trinajstić information content (AvgIpc) is 2.63. The second-order valence-electron chi connectivity index (χ2n) is 5.81. The molecule has 3 rings (SSSR count). The number of para-hydroxylation sites is 1. The molecule has 0 spiro atoms. The summed E-state index contributed by atoms with van der Waals surface area (Å²) in [5, 5.41) is 3.35. The molecule has 1 aromatic heterocycles. The number of nitrogens with one attached hydrogen (secondary N) is 1. The van der Waals surface area contributed by atoms with E-state index in [4.69, 9.17) is 0 Å². The second-order valence-corrected chi connectivity index (χ2v) is 5.81. The Morgan fingerprint density at radius 3 is 2.64 bits per heavy atom. The van der Waals surface area contributed by atoms with Gasteiger partial charge in [0.2, 0.25) is 5.91 Å². The SMILES string of the molecule is Cn1c(CCC(=O)NCc2ccc(F)cc2)nc2ccccc2c1=O. The summed E-state index contributed by atoms with van der Waals surface area (Å²) in [6.45, 7) is 0.337.